The third kappa shape index (κ3) is 3.45. The molecule has 0 aromatic heterocycles. The van der Waals surface area contributed by atoms with Gasteiger partial charge in [-0.2, -0.15) is 0 Å². The number of nitrogens with one attached hydrogen (secondary N) is 2. The average molecular weight is 281 g/mol. The van der Waals surface area contributed by atoms with Gasteiger partial charge < -0.3 is 20.6 Å². The predicted molar refractivity (Wildman–Crippen MR) is 71.4 cm³/mol. The Morgan fingerprint density at radius 1 is 1.30 bits per heavy atom. The fourth-order valence-corrected chi connectivity index (χ4v) is 2.00. The highest BCUT2D eigenvalue weighted by atomic mass is 19.1. The molecule has 1 aliphatic heterocycles. The quantitative estimate of drug-likeness (QED) is 0.764. The molecule has 2 rings (SSSR count). The largest absolute Gasteiger partial charge is 0.478 e. The summed E-state index contributed by atoms with van der Waals surface area (Å²) < 4.78 is 13.6. The Balaban J connectivity index is 2.10. The fraction of sp³-hybridized carbons (Fsp3) is 0.385. The first-order valence-corrected chi connectivity index (χ1v) is 6.37. The lowest BCUT2D eigenvalue weighted by Gasteiger charge is -2.20. The molecular weight excluding hydrogens is 265 g/mol. The molecule has 3 N–H and O–H groups in total. The number of carboxylic acid groups (broad SMARTS) is 1. The van der Waals surface area contributed by atoms with Gasteiger partial charge in [-0.15, -0.1) is 0 Å². The van der Waals surface area contributed by atoms with Crippen LogP contribution in [0.3, 0.4) is 0 Å². The molecule has 0 unspecified atom stereocenters. The van der Waals surface area contributed by atoms with E-state index in [4.69, 9.17) is 5.11 Å². The number of hydrogen-bond acceptors (Lipinski definition) is 3. The van der Waals surface area contributed by atoms with Crippen molar-refractivity contribution < 1.29 is 19.1 Å². The average Bonchev–Trinajstić information content (AvgIpc) is 2.70. The van der Waals surface area contributed by atoms with Crippen LogP contribution in [0.25, 0.3) is 0 Å². The summed E-state index contributed by atoms with van der Waals surface area (Å²) in [6, 6.07) is 2.88. The number of carbonyl (C=O) groups is 2. The van der Waals surface area contributed by atoms with E-state index in [9.17, 15) is 14.0 Å². The Morgan fingerprint density at radius 2 is 2.10 bits per heavy atom. The SMILES string of the molecule is O=C(O)c1ccc(F)c(NC(=O)N2CCCNCC2)c1. The van der Waals surface area contributed by atoms with E-state index in [0.29, 0.717) is 19.6 Å². The van der Waals surface area contributed by atoms with Crippen molar-refractivity contribution in [1.29, 1.82) is 0 Å². The molecule has 1 fully saturated rings. The second kappa shape index (κ2) is 6.33. The van der Waals surface area contributed by atoms with Crippen LogP contribution in [-0.2, 0) is 0 Å². The van der Waals surface area contributed by atoms with Crippen LogP contribution < -0.4 is 10.6 Å². The monoisotopic (exact) mass is 281 g/mol. The van der Waals surface area contributed by atoms with Crippen LogP contribution >= 0.6 is 0 Å². The first kappa shape index (κ1) is 14.3. The van der Waals surface area contributed by atoms with Gasteiger partial charge in [-0.3, -0.25) is 0 Å². The number of hydrogen-bond donors (Lipinski definition) is 3. The van der Waals surface area contributed by atoms with Crippen LogP contribution in [-0.4, -0.2) is 48.2 Å². The minimum absolute atomic E-state index is 0.0702. The molecule has 1 aromatic carbocycles. The highest BCUT2D eigenvalue weighted by molar-refractivity contribution is 5.93. The highest BCUT2D eigenvalue weighted by Gasteiger charge is 2.17. The highest BCUT2D eigenvalue weighted by Crippen LogP contribution is 2.17. The number of anilines is 1. The summed E-state index contributed by atoms with van der Waals surface area (Å²) >= 11 is 0. The third-order valence-corrected chi connectivity index (χ3v) is 3.08. The lowest BCUT2D eigenvalue weighted by molar-refractivity contribution is 0.0697. The minimum atomic E-state index is -1.17. The molecular formula is C13H16FN3O3. The molecule has 0 spiro atoms. The Morgan fingerprint density at radius 3 is 2.85 bits per heavy atom. The molecule has 2 amide bonds. The number of aromatic carboxylic acids is 1. The van der Waals surface area contributed by atoms with Crippen LogP contribution in [0.1, 0.15) is 16.8 Å². The Hall–Kier alpha value is -2.15. The Bertz CT molecular complexity index is 514. The molecule has 0 atom stereocenters. The van der Waals surface area contributed by atoms with Crippen molar-refractivity contribution in [1.82, 2.24) is 10.2 Å². The number of carbonyl (C=O) groups excluding carboxylic acids is 1. The van der Waals surface area contributed by atoms with Crippen molar-refractivity contribution in [3.8, 4) is 0 Å². The van der Waals surface area contributed by atoms with Gasteiger partial charge in [-0.25, -0.2) is 14.0 Å². The van der Waals surface area contributed by atoms with E-state index in [2.05, 4.69) is 10.6 Å². The molecule has 1 aromatic rings. The van der Waals surface area contributed by atoms with Gasteiger partial charge in [0.1, 0.15) is 5.82 Å². The van der Waals surface area contributed by atoms with Gasteiger partial charge in [0.2, 0.25) is 0 Å². The third-order valence-electron chi connectivity index (χ3n) is 3.08. The van der Waals surface area contributed by atoms with Crippen LogP contribution in [0, 0.1) is 5.82 Å². The number of urea groups is 1. The van der Waals surface area contributed by atoms with Gasteiger partial charge >= 0.3 is 12.0 Å². The summed E-state index contributed by atoms with van der Waals surface area (Å²) in [6.07, 6.45) is 0.824. The van der Waals surface area contributed by atoms with Gasteiger partial charge in [-0.05, 0) is 31.2 Å². The molecule has 0 saturated carbocycles. The van der Waals surface area contributed by atoms with Crippen molar-refractivity contribution in [3.05, 3.63) is 29.6 Å². The van der Waals surface area contributed by atoms with Crippen LogP contribution in [0.4, 0.5) is 14.9 Å². The van der Waals surface area contributed by atoms with Crippen molar-refractivity contribution >= 4 is 17.7 Å². The number of rotatable bonds is 2. The molecule has 6 nitrogen and oxygen atoms in total. The topological polar surface area (TPSA) is 81.7 Å². The number of nitrogens with zero attached hydrogens (tertiary/aromatic N) is 1. The number of halogens is 1. The van der Waals surface area contributed by atoms with Gasteiger partial charge in [0.05, 0.1) is 11.3 Å². The lowest BCUT2D eigenvalue weighted by Crippen LogP contribution is -2.37. The van der Waals surface area contributed by atoms with Crippen molar-refractivity contribution in [3.63, 3.8) is 0 Å². The number of benzene rings is 1. The van der Waals surface area contributed by atoms with Crippen LogP contribution in [0.2, 0.25) is 0 Å². The van der Waals surface area contributed by atoms with Gasteiger partial charge in [0.15, 0.2) is 0 Å². The van der Waals surface area contributed by atoms with Crippen LogP contribution in [0.5, 0.6) is 0 Å². The Labute approximate surface area is 115 Å². The maximum absolute atomic E-state index is 13.6. The van der Waals surface area contributed by atoms with E-state index in [0.717, 1.165) is 31.2 Å². The summed E-state index contributed by atoms with van der Waals surface area (Å²) in [7, 11) is 0. The van der Waals surface area contributed by atoms with Gasteiger partial charge in [0.25, 0.3) is 0 Å². The van der Waals surface area contributed by atoms with Crippen LogP contribution in [0.15, 0.2) is 18.2 Å². The normalized spacial score (nSPS) is 15.6. The van der Waals surface area contributed by atoms with Crippen molar-refractivity contribution in [2.75, 3.05) is 31.5 Å². The molecule has 1 heterocycles. The Kier molecular flexibility index (Phi) is 4.52. The summed E-state index contributed by atoms with van der Waals surface area (Å²) in [6.45, 7) is 2.64. The second-order valence-corrected chi connectivity index (χ2v) is 4.52. The molecule has 108 valence electrons. The fourth-order valence-electron chi connectivity index (χ4n) is 2.00. The van der Waals surface area contributed by atoms with E-state index in [1.54, 1.807) is 4.90 Å². The van der Waals surface area contributed by atoms with Gasteiger partial charge in [-0.1, -0.05) is 0 Å². The zero-order chi connectivity index (χ0) is 14.5. The first-order valence-electron chi connectivity index (χ1n) is 6.37. The first-order chi connectivity index (χ1) is 9.58. The lowest BCUT2D eigenvalue weighted by atomic mass is 10.2. The molecule has 0 radical (unpaired) electrons. The summed E-state index contributed by atoms with van der Waals surface area (Å²) in [5, 5.41) is 14.4. The molecule has 1 saturated heterocycles. The zero-order valence-electron chi connectivity index (χ0n) is 10.9. The molecule has 1 aliphatic rings. The predicted octanol–water partition coefficient (Wildman–Crippen LogP) is 1.35. The van der Waals surface area contributed by atoms with Gasteiger partial charge in [0, 0.05) is 19.6 Å². The second-order valence-electron chi connectivity index (χ2n) is 4.52. The van der Waals surface area contributed by atoms with E-state index in [-0.39, 0.29) is 11.3 Å². The summed E-state index contributed by atoms with van der Waals surface area (Å²) in [5.41, 5.74) is -0.189. The minimum Gasteiger partial charge on any atom is -0.478 e. The van der Waals surface area contributed by atoms with E-state index >= 15 is 0 Å². The maximum atomic E-state index is 13.6. The van der Waals surface area contributed by atoms with E-state index in [1.807, 2.05) is 0 Å². The van der Waals surface area contributed by atoms with Crippen molar-refractivity contribution in [2.45, 2.75) is 6.42 Å². The molecule has 20 heavy (non-hydrogen) atoms. The molecule has 0 bridgehead atoms. The number of amides is 2. The van der Waals surface area contributed by atoms with E-state index in [1.165, 1.54) is 0 Å². The standard InChI is InChI=1S/C13H16FN3O3/c14-10-3-2-9(12(18)19)8-11(10)16-13(20)17-6-1-4-15-5-7-17/h2-3,8,15H,1,4-7H2,(H,16,20)(H,18,19). The smallest absolute Gasteiger partial charge is 0.335 e. The molecule has 0 aliphatic carbocycles. The summed E-state index contributed by atoms with van der Waals surface area (Å²) in [4.78, 5) is 24.4. The molecule has 7 heteroatoms. The van der Waals surface area contributed by atoms with Crippen molar-refractivity contribution in [2.24, 2.45) is 0 Å². The maximum Gasteiger partial charge on any atom is 0.335 e. The number of carboxylic acids is 1. The van der Waals surface area contributed by atoms with E-state index < -0.39 is 17.8 Å². The summed E-state index contributed by atoms with van der Waals surface area (Å²) in [5.74, 6) is -1.82. The zero-order valence-corrected chi connectivity index (χ0v) is 10.9.